The molecule has 0 saturated heterocycles. The predicted octanol–water partition coefficient (Wildman–Crippen LogP) is 4.27. The van der Waals surface area contributed by atoms with Crippen molar-refractivity contribution in [1.82, 2.24) is 10.3 Å². The maximum Gasteiger partial charge on any atom is 0.273 e. The van der Waals surface area contributed by atoms with Crippen molar-refractivity contribution in [1.29, 1.82) is 0 Å². The average molecular weight is 367 g/mol. The minimum atomic E-state index is -0.481. The van der Waals surface area contributed by atoms with Crippen LogP contribution in [0.5, 0.6) is 0 Å². The molecule has 1 amide bonds. The molecule has 1 aromatic heterocycles. The Balaban J connectivity index is 1.76. The normalized spacial score (nSPS) is 10.5. The zero-order chi connectivity index (χ0) is 18.7. The van der Waals surface area contributed by atoms with Crippen LogP contribution in [0.15, 0.2) is 48.5 Å². The molecule has 0 bridgehead atoms. The molecule has 0 spiro atoms. The van der Waals surface area contributed by atoms with Crippen LogP contribution < -0.4 is 5.32 Å². The summed E-state index contributed by atoms with van der Waals surface area (Å²) in [5, 5.41) is 14.8. The highest BCUT2D eigenvalue weighted by Gasteiger charge is 2.18. The first-order valence-corrected chi connectivity index (χ1v) is 8.83. The zero-order valence-electron chi connectivity index (χ0n) is 14.4. The van der Waals surface area contributed by atoms with Crippen LogP contribution in [0.3, 0.4) is 0 Å². The van der Waals surface area contributed by atoms with Crippen LogP contribution in [0.25, 0.3) is 10.6 Å². The third kappa shape index (κ3) is 3.62. The molecule has 0 atom stereocenters. The van der Waals surface area contributed by atoms with Gasteiger partial charge in [-0.1, -0.05) is 36.4 Å². The first kappa shape index (κ1) is 17.8. The molecule has 132 valence electrons. The lowest BCUT2D eigenvalue weighted by Gasteiger charge is -2.07. The van der Waals surface area contributed by atoms with E-state index in [2.05, 4.69) is 10.3 Å². The van der Waals surface area contributed by atoms with Gasteiger partial charge in [-0.15, -0.1) is 11.3 Å². The van der Waals surface area contributed by atoms with Gasteiger partial charge in [0.2, 0.25) is 0 Å². The van der Waals surface area contributed by atoms with E-state index in [0.29, 0.717) is 17.7 Å². The monoisotopic (exact) mass is 367 g/mol. The highest BCUT2D eigenvalue weighted by Crippen LogP contribution is 2.28. The Bertz CT molecular complexity index is 967. The van der Waals surface area contributed by atoms with Crippen molar-refractivity contribution in [3.63, 3.8) is 0 Å². The minimum absolute atomic E-state index is 0.0574. The number of hydrogen-bond acceptors (Lipinski definition) is 5. The molecule has 7 heteroatoms. The number of nitrogens with one attached hydrogen (secondary N) is 1. The molecule has 0 radical (unpaired) electrons. The van der Waals surface area contributed by atoms with Crippen LogP contribution in [0.2, 0.25) is 0 Å². The lowest BCUT2D eigenvalue weighted by Crippen LogP contribution is -2.23. The summed E-state index contributed by atoms with van der Waals surface area (Å²) in [6.45, 7) is 3.82. The van der Waals surface area contributed by atoms with Gasteiger partial charge in [-0.3, -0.25) is 14.9 Å². The number of thiazole rings is 1. The molecule has 2 aromatic carbocycles. The molecule has 1 heterocycles. The van der Waals surface area contributed by atoms with Crippen molar-refractivity contribution in [2.24, 2.45) is 0 Å². The van der Waals surface area contributed by atoms with E-state index in [-0.39, 0.29) is 11.6 Å². The van der Waals surface area contributed by atoms with E-state index >= 15 is 0 Å². The summed E-state index contributed by atoms with van der Waals surface area (Å²) < 4.78 is 0. The number of carbonyl (C=O) groups excluding carboxylic acids is 1. The summed E-state index contributed by atoms with van der Waals surface area (Å²) in [4.78, 5) is 28.5. The molecule has 6 nitrogen and oxygen atoms in total. The first-order valence-electron chi connectivity index (χ1n) is 8.01. The van der Waals surface area contributed by atoms with E-state index in [9.17, 15) is 14.9 Å². The number of nitro groups is 1. The lowest BCUT2D eigenvalue weighted by molar-refractivity contribution is -0.385. The average Bonchev–Trinajstić information content (AvgIpc) is 3.01. The number of aryl methyl sites for hydroxylation is 1. The van der Waals surface area contributed by atoms with Crippen molar-refractivity contribution in [2.45, 2.75) is 20.4 Å². The third-order valence-corrected chi connectivity index (χ3v) is 5.28. The van der Waals surface area contributed by atoms with Gasteiger partial charge in [-0.05, 0) is 19.9 Å². The maximum atomic E-state index is 12.5. The van der Waals surface area contributed by atoms with Gasteiger partial charge >= 0.3 is 0 Å². The number of nitro benzene ring substituents is 1. The van der Waals surface area contributed by atoms with E-state index in [4.69, 9.17) is 0 Å². The molecule has 0 fully saturated rings. The highest BCUT2D eigenvalue weighted by atomic mass is 32.1. The van der Waals surface area contributed by atoms with E-state index in [1.165, 1.54) is 23.5 Å². The Hall–Kier alpha value is -3.06. The van der Waals surface area contributed by atoms with Crippen molar-refractivity contribution in [3.8, 4) is 10.6 Å². The van der Waals surface area contributed by atoms with Crippen molar-refractivity contribution in [2.75, 3.05) is 0 Å². The molecular weight excluding hydrogens is 350 g/mol. The SMILES string of the molecule is Cc1nc(-c2ccccc2)sc1CNC(=O)c1cccc([N+](=O)[O-])c1C. The lowest BCUT2D eigenvalue weighted by atomic mass is 10.1. The summed E-state index contributed by atoms with van der Waals surface area (Å²) in [6, 6.07) is 14.4. The van der Waals surface area contributed by atoms with E-state index < -0.39 is 4.92 Å². The summed E-state index contributed by atoms with van der Waals surface area (Å²) in [7, 11) is 0. The Morgan fingerprint density at radius 1 is 1.15 bits per heavy atom. The van der Waals surface area contributed by atoms with E-state index in [1.807, 2.05) is 37.3 Å². The Labute approximate surface area is 154 Å². The molecule has 1 N–H and O–H groups in total. The molecule has 0 aliphatic heterocycles. The van der Waals surface area contributed by atoms with Crippen molar-refractivity contribution >= 4 is 22.9 Å². The smallest absolute Gasteiger partial charge is 0.273 e. The molecule has 26 heavy (non-hydrogen) atoms. The summed E-state index contributed by atoms with van der Waals surface area (Å²) in [5.74, 6) is -0.333. The standard InChI is InChI=1S/C19H17N3O3S/c1-12-15(9-6-10-16(12)22(24)25)18(23)20-11-17-13(2)21-19(26-17)14-7-4-3-5-8-14/h3-10H,11H2,1-2H3,(H,20,23). The van der Waals surface area contributed by atoms with Crippen molar-refractivity contribution < 1.29 is 9.72 Å². The molecular formula is C19H17N3O3S. The molecule has 3 rings (SSSR count). The number of nitrogens with zero attached hydrogens (tertiary/aromatic N) is 2. The zero-order valence-corrected chi connectivity index (χ0v) is 15.2. The van der Waals surface area contributed by atoms with Crippen LogP contribution in [0.4, 0.5) is 5.69 Å². The molecule has 0 saturated carbocycles. The Morgan fingerprint density at radius 3 is 2.58 bits per heavy atom. The predicted molar refractivity (Wildman–Crippen MR) is 101 cm³/mol. The van der Waals surface area contributed by atoms with Gasteiger partial charge in [0.1, 0.15) is 5.01 Å². The minimum Gasteiger partial charge on any atom is -0.347 e. The number of aromatic nitrogens is 1. The number of amides is 1. The second kappa shape index (κ2) is 7.45. The molecule has 3 aromatic rings. The van der Waals surface area contributed by atoms with Crippen LogP contribution in [0.1, 0.15) is 26.5 Å². The molecule has 0 aliphatic rings. The van der Waals surface area contributed by atoms with Gasteiger partial charge in [0.15, 0.2) is 0 Å². The van der Waals surface area contributed by atoms with Crippen LogP contribution in [-0.2, 0) is 6.54 Å². The maximum absolute atomic E-state index is 12.5. The van der Waals surface area contributed by atoms with Crippen LogP contribution >= 0.6 is 11.3 Å². The second-order valence-electron chi connectivity index (χ2n) is 5.78. The van der Waals surface area contributed by atoms with Crippen molar-refractivity contribution in [3.05, 3.63) is 80.3 Å². The summed E-state index contributed by atoms with van der Waals surface area (Å²) in [6.07, 6.45) is 0. The number of hydrogen-bond donors (Lipinski definition) is 1. The quantitative estimate of drug-likeness (QED) is 0.539. The number of carbonyl (C=O) groups is 1. The van der Waals surface area contributed by atoms with Gasteiger partial charge in [0.25, 0.3) is 11.6 Å². The first-order chi connectivity index (χ1) is 12.5. The van der Waals surface area contributed by atoms with E-state index in [0.717, 1.165) is 21.1 Å². The summed E-state index contributed by atoms with van der Waals surface area (Å²) in [5.41, 5.74) is 2.52. The Kier molecular flexibility index (Phi) is 5.09. The van der Waals surface area contributed by atoms with Crippen LogP contribution in [-0.4, -0.2) is 15.8 Å². The van der Waals surface area contributed by atoms with Crippen LogP contribution in [0, 0.1) is 24.0 Å². The van der Waals surface area contributed by atoms with Gasteiger partial charge in [-0.25, -0.2) is 4.98 Å². The Morgan fingerprint density at radius 2 is 1.88 bits per heavy atom. The van der Waals surface area contributed by atoms with Gasteiger partial charge in [0, 0.05) is 27.6 Å². The van der Waals surface area contributed by atoms with Gasteiger partial charge < -0.3 is 5.32 Å². The summed E-state index contributed by atoms with van der Waals surface area (Å²) >= 11 is 1.53. The fraction of sp³-hybridized carbons (Fsp3) is 0.158. The molecule has 0 unspecified atom stereocenters. The van der Waals surface area contributed by atoms with Gasteiger partial charge in [0.05, 0.1) is 17.2 Å². The largest absolute Gasteiger partial charge is 0.347 e. The highest BCUT2D eigenvalue weighted by molar-refractivity contribution is 7.15. The molecule has 0 aliphatic carbocycles. The van der Waals surface area contributed by atoms with Gasteiger partial charge in [-0.2, -0.15) is 0 Å². The van der Waals surface area contributed by atoms with E-state index in [1.54, 1.807) is 13.0 Å². The number of benzene rings is 2. The third-order valence-electron chi connectivity index (χ3n) is 4.07. The topological polar surface area (TPSA) is 85.1 Å². The number of rotatable bonds is 5. The second-order valence-corrected chi connectivity index (χ2v) is 6.87. The fourth-order valence-corrected chi connectivity index (χ4v) is 3.63. The fourth-order valence-electron chi connectivity index (χ4n) is 2.62.